The van der Waals surface area contributed by atoms with Crippen LogP contribution in [0.3, 0.4) is 0 Å². The predicted octanol–water partition coefficient (Wildman–Crippen LogP) is 14.9. The molecule has 11 rings (SSSR count). The van der Waals surface area contributed by atoms with Crippen molar-refractivity contribution in [2.24, 2.45) is 0 Å². The summed E-state index contributed by atoms with van der Waals surface area (Å²) in [6.07, 6.45) is 0. The topological polar surface area (TPSA) is 0 Å². The molecule has 0 aliphatic heterocycles. The van der Waals surface area contributed by atoms with Crippen LogP contribution in [-0.2, 0) is 0 Å². The number of rotatable bonds is 3. The van der Waals surface area contributed by atoms with Gasteiger partial charge in [-0.1, -0.05) is 127 Å². The Bertz CT molecular complexity index is 3100. The molecule has 0 amide bonds. The minimum absolute atomic E-state index is 1.23. The highest BCUT2D eigenvalue weighted by Gasteiger charge is 2.18. The molecule has 0 saturated carbocycles. The van der Waals surface area contributed by atoms with Crippen molar-refractivity contribution in [3.63, 3.8) is 0 Å². The molecule has 0 unspecified atom stereocenters. The van der Waals surface area contributed by atoms with Gasteiger partial charge in [-0.05, 0) is 108 Å². The zero-order chi connectivity index (χ0) is 32.8. The molecule has 0 N–H and O–H groups in total. The summed E-state index contributed by atoms with van der Waals surface area (Å²) in [7, 11) is 0. The lowest BCUT2D eigenvalue weighted by Gasteiger charge is -2.18. The fraction of sp³-hybridized carbons (Fsp3) is 0. The first-order valence-electron chi connectivity index (χ1n) is 17.1. The molecule has 0 atom stereocenters. The van der Waals surface area contributed by atoms with Crippen LogP contribution in [0.15, 0.2) is 170 Å². The van der Waals surface area contributed by atoms with E-state index in [4.69, 9.17) is 0 Å². The number of thiophene rings is 2. The molecule has 2 aromatic heterocycles. The molecule has 232 valence electrons. The van der Waals surface area contributed by atoms with Crippen LogP contribution < -0.4 is 0 Å². The summed E-state index contributed by atoms with van der Waals surface area (Å²) in [5.41, 5.74) is 7.55. The second-order valence-electron chi connectivity index (χ2n) is 13.2. The molecular weight excluding hydrogens is 641 g/mol. The molecule has 0 aliphatic carbocycles. The highest BCUT2D eigenvalue weighted by molar-refractivity contribution is 7.28. The van der Waals surface area contributed by atoms with E-state index >= 15 is 0 Å². The molecule has 0 fully saturated rings. The van der Waals surface area contributed by atoms with E-state index in [2.05, 4.69) is 170 Å². The van der Waals surface area contributed by atoms with Gasteiger partial charge in [0, 0.05) is 40.3 Å². The highest BCUT2D eigenvalue weighted by atomic mass is 32.1. The van der Waals surface area contributed by atoms with E-state index in [0.717, 1.165) is 0 Å². The summed E-state index contributed by atoms with van der Waals surface area (Å²) in [6, 6.07) is 63.2. The molecule has 0 radical (unpaired) electrons. The summed E-state index contributed by atoms with van der Waals surface area (Å²) in [5.74, 6) is 0. The van der Waals surface area contributed by atoms with Crippen molar-refractivity contribution in [3.8, 4) is 33.4 Å². The van der Waals surface area contributed by atoms with Crippen LogP contribution in [-0.4, -0.2) is 0 Å². The highest BCUT2D eigenvalue weighted by Crippen LogP contribution is 2.47. The lowest BCUT2D eigenvalue weighted by atomic mass is 9.85. The number of fused-ring (bicyclic) bond motifs is 9. The molecule has 0 aliphatic rings. The number of benzene rings is 9. The third-order valence-corrected chi connectivity index (χ3v) is 12.7. The average molecular weight is 669 g/mol. The van der Waals surface area contributed by atoms with Crippen LogP contribution in [0.2, 0.25) is 0 Å². The second-order valence-corrected chi connectivity index (χ2v) is 15.4. The van der Waals surface area contributed by atoms with Crippen molar-refractivity contribution in [2.45, 2.75) is 0 Å². The third kappa shape index (κ3) is 4.23. The van der Waals surface area contributed by atoms with Crippen LogP contribution in [0.4, 0.5) is 0 Å². The van der Waals surface area contributed by atoms with E-state index in [9.17, 15) is 0 Å². The van der Waals surface area contributed by atoms with Gasteiger partial charge >= 0.3 is 0 Å². The zero-order valence-electron chi connectivity index (χ0n) is 27.0. The van der Waals surface area contributed by atoms with Gasteiger partial charge in [-0.25, -0.2) is 0 Å². The Morgan fingerprint density at radius 1 is 0.240 bits per heavy atom. The average Bonchev–Trinajstić information content (AvgIpc) is 3.72. The number of hydrogen-bond donors (Lipinski definition) is 0. The van der Waals surface area contributed by atoms with E-state index in [0.29, 0.717) is 0 Å². The van der Waals surface area contributed by atoms with Crippen LogP contribution in [0.5, 0.6) is 0 Å². The first kappa shape index (κ1) is 28.1. The summed E-state index contributed by atoms with van der Waals surface area (Å²) in [5, 5.41) is 13.0. The van der Waals surface area contributed by atoms with Gasteiger partial charge in [0.25, 0.3) is 0 Å². The summed E-state index contributed by atoms with van der Waals surface area (Å²) < 4.78 is 5.41. The van der Waals surface area contributed by atoms with Crippen molar-refractivity contribution < 1.29 is 0 Å². The third-order valence-electron chi connectivity index (χ3n) is 10.4. The Hall–Kier alpha value is -5.80. The van der Waals surface area contributed by atoms with Crippen LogP contribution in [0, 0.1) is 0 Å². The lowest BCUT2D eigenvalue weighted by Crippen LogP contribution is -1.91. The maximum atomic E-state index is 2.45. The van der Waals surface area contributed by atoms with Gasteiger partial charge in [0.05, 0.1) is 0 Å². The van der Waals surface area contributed by atoms with Crippen LogP contribution >= 0.6 is 22.7 Å². The molecule has 0 saturated heterocycles. The van der Waals surface area contributed by atoms with Crippen molar-refractivity contribution >= 4 is 95.3 Å². The fourth-order valence-corrected chi connectivity index (χ4v) is 10.4. The Labute approximate surface area is 297 Å². The molecule has 0 spiro atoms. The largest absolute Gasteiger partial charge is 0.135 e. The summed E-state index contributed by atoms with van der Waals surface area (Å²) >= 11 is 3.80. The van der Waals surface area contributed by atoms with E-state index in [1.54, 1.807) is 0 Å². The molecule has 11 aromatic rings. The lowest BCUT2D eigenvalue weighted by molar-refractivity contribution is 1.63. The maximum absolute atomic E-state index is 2.45. The quantitative estimate of drug-likeness (QED) is 0.164. The van der Waals surface area contributed by atoms with E-state index in [1.807, 2.05) is 22.7 Å². The molecule has 2 heteroatoms. The number of hydrogen-bond acceptors (Lipinski definition) is 2. The first-order chi connectivity index (χ1) is 24.8. The van der Waals surface area contributed by atoms with Crippen LogP contribution in [0.25, 0.3) is 106 Å². The minimum atomic E-state index is 1.23. The Kier molecular flexibility index (Phi) is 6.09. The van der Waals surface area contributed by atoms with E-state index < -0.39 is 0 Å². The van der Waals surface area contributed by atoms with Gasteiger partial charge in [0.15, 0.2) is 0 Å². The monoisotopic (exact) mass is 668 g/mol. The van der Waals surface area contributed by atoms with Crippen LogP contribution in [0.1, 0.15) is 0 Å². The van der Waals surface area contributed by atoms with Crippen molar-refractivity contribution in [1.29, 1.82) is 0 Å². The maximum Gasteiger partial charge on any atom is 0.0369 e. The minimum Gasteiger partial charge on any atom is -0.135 e. The fourth-order valence-electron chi connectivity index (χ4n) is 8.12. The first-order valence-corrected chi connectivity index (χ1v) is 18.7. The van der Waals surface area contributed by atoms with Crippen molar-refractivity contribution in [1.82, 2.24) is 0 Å². The molecule has 2 heterocycles. The molecule has 0 bridgehead atoms. The predicted molar refractivity (Wildman–Crippen MR) is 221 cm³/mol. The van der Waals surface area contributed by atoms with Crippen molar-refractivity contribution in [2.75, 3.05) is 0 Å². The second kappa shape index (κ2) is 10.9. The van der Waals surface area contributed by atoms with Gasteiger partial charge in [-0.3, -0.25) is 0 Å². The normalized spacial score (nSPS) is 12.0. The van der Waals surface area contributed by atoms with Gasteiger partial charge in [-0.15, -0.1) is 22.7 Å². The summed E-state index contributed by atoms with van der Waals surface area (Å²) in [6.45, 7) is 0. The Morgan fingerprint density at radius 3 is 1.46 bits per heavy atom. The zero-order valence-corrected chi connectivity index (χ0v) is 28.6. The molecular formula is C48H28S2. The Balaban J connectivity index is 1.14. The van der Waals surface area contributed by atoms with Gasteiger partial charge in [-0.2, -0.15) is 0 Å². The molecule has 50 heavy (non-hydrogen) atoms. The summed E-state index contributed by atoms with van der Waals surface area (Å²) in [4.78, 5) is 0. The van der Waals surface area contributed by atoms with Gasteiger partial charge in [0.2, 0.25) is 0 Å². The standard InChI is InChI=1S/C48H28S2/c1-2-11-30-24-32(21-20-29(30)10-1)31-12-9-13-33(25-31)47-36-15-3-5-17-38(36)48(39-18-6-4-16-37(39)47)34-22-23-44-40(26-34)42-27-41-35-14-7-8-19-43(35)49-45(41)28-46(42)50-44/h1-28H. The van der Waals surface area contributed by atoms with E-state index in [1.165, 1.54) is 106 Å². The van der Waals surface area contributed by atoms with E-state index in [-0.39, 0.29) is 0 Å². The van der Waals surface area contributed by atoms with Gasteiger partial charge < -0.3 is 0 Å². The smallest absolute Gasteiger partial charge is 0.0369 e. The van der Waals surface area contributed by atoms with Crippen molar-refractivity contribution in [3.05, 3.63) is 170 Å². The van der Waals surface area contributed by atoms with Gasteiger partial charge in [0.1, 0.15) is 0 Å². The Morgan fingerprint density at radius 2 is 0.740 bits per heavy atom. The molecule has 9 aromatic carbocycles. The molecule has 0 nitrogen and oxygen atoms in total. The SMILES string of the molecule is c1cc(-c2ccc3ccccc3c2)cc(-c2c3ccccc3c(-c3ccc4sc5cc6sc7ccccc7c6cc5c4c3)c3ccccc23)c1.